The summed E-state index contributed by atoms with van der Waals surface area (Å²) in [6.07, 6.45) is -2.97. The van der Waals surface area contributed by atoms with E-state index in [2.05, 4.69) is 0 Å². The van der Waals surface area contributed by atoms with Crippen LogP contribution in [0.25, 0.3) is 0 Å². The summed E-state index contributed by atoms with van der Waals surface area (Å²) in [5, 5.41) is 0. The number of Topliss-reactive ketones (excluding diaryl/α,β-unsaturated/α-hetero) is 1. The second-order valence-corrected chi connectivity index (χ2v) is 5.07. The maximum Gasteiger partial charge on any atom is 0.416 e. The molecule has 2 rings (SSSR count). The summed E-state index contributed by atoms with van der Waals surface area (Å²) in [6.45, 7) is 0.132. The van der Waals surface area contributed by atoms with E-state index in [0.29, 0.717) is 25.7 Å². The van der Waals surface area contributed by atoms with Crippen LogP contribution in [0.3, 0.4) is 0 Å². The van der Waals surface area contributed by atoms with Crippen molar-refractivity contribution < 1.29 is 18.0 Å². The lowest BCUT2D eigenvalue weighted by atomic mass is 9.68. The number of nitrogens with two attached hydrogens (primary N) is 1. The van der Waals surface area contributed by atoms with E-state index in [0.717, 1.165) is 6.07 Å². The molecule has 2 N–H and O–H groups in total. The molecule has 1 aliphatic carbocycles. The Morgan fingerprint density at radius 1 is 1.16 bits per heavy atom. The number of hydrogen-bond acceptors (Lipinski definition) is 2. The molecule has 1 aromatic carbocycles. The van der Waals surface area contributed by atoms with Gasteiger partial charge in [-0.05, 0) is 24.5 Å². The SMILES string of the molecule is NCC1(c2ccccc2C(F)(F)F)CCC(=O)CC1. The Labute approximate surface area is 109 Å². The fraction of sp³-hybridized carbons (Fsp3) is 0.500. The van der Waals surface area contributed by atoms with Gasteiger partial charge in [0.05, 0.1) is 5.56 Å². The third kappa shape index (κ3) is 2.66. The number of carbonyl (C=O) groups is 1. The highest BCUT2D eigenvalue weighted by atomic mass is 19.4. The van der Waals surface area contributed by atoms with E-state index >= 15 is 0 Å². The molecule has 0 saturated heterocycles. The highest BCUT2D eigenvalue weighted by Crippen LogP contribution is 2.43. The summed E-state index contributed by atoms with van der Waals surface area (Å²) in [7, 11) is 0. The van der Waals surface area contributed by atoms with E-state index < -0.39 is 17.2 Å². The molecule has 0 spiro atoms. The van der Waals surface area contributed by atoms with Crippen LogP contribution < -0.4 is 5.73 Å². The summed E-state index contributed by atoms with van der Waals surface area (Å²) in [6, 6.07) is 5.55. The summed E-state index contributed by atoms with van der Waals surface area (Å²) >= 11 is 0. The zero-order chi connectivity index (χ0) is 14.1. The molecule has 2 nitrogen and oxygen atoms in total. The average Bonchev–Trinajstić information content (AvgIpc) is 2.39. The van der Waals surface area contributed by atoms with Crippen LogP contribution in [0, 0.1) is 0 Å². The van der Waals surface area contributed by atoms with Crippen molar-refractivity contribution in [2.45, 2.75) is 37.3 Å². The molecule has 0 aromatic heterocycles. The van der Waals surface area contributed by atoms with Crippen molar-refractivity contribution in [3.8, 4) is 0 Å². The molecule has 0 unspecified atom stereocenters. The monoisotopic (exact) mass is 271 g/mol. The topological polar surface area (TPSA) is 43.1 Å². The summed E-state index contributed by atoms with van der Waals surface area (Å²) in [5.74, 6) is 0.105. The Bertz CT molecular complexity index is 472. The van der Waals surface area contributed by atoms with Gasteiger partial charge in [-0.1, -0.05) is 18.2 Å². The van der Waals surface area contributed by atoms with Gasteiger partial charge in [0.15, 0.2) is 0 Å². The minimum Gasteiger partial charge on any atom is -0.330 e. The number of halogens is 3. The first-order chi connectivity index (χ1) is 8.89. The predicted octanol–water partition coefficient (Wildman–Crippen LogP) is 3.05. The fourth-order valence-corrected chi connectivity index (χ4v) is 2.78. The molecule has 0 heterocycles. The van der Waals surface area contributed by atoms with Gasteiger partial charge in [-0.15, -0.1) is 0 Å². The van der Waals surface area contributed by atoms with E-state index in [1.54, 1.807) is 6.07 Å². The van der Waals surface area contributed by atoms with Gasteiger partial charge in [0, 0.05) is 24.8 Å². The molecule has 104 valence electrons. The van der Waals surface area contributed by atoms with Crippen LogP contribution in [-0.2, 0) is 16.4 Å². The molecule has 1 aromatic rings. The van der Waals surface area contributed by atoms with Crippen LogP contribution in [0.2, 0.25) is 0 Å². The second-order valence-electron chi connectivity index (χ2n) is 5.07. The molecule has 1 fully saturated rings. The van der Waals surface area contributed by atoms with E-state index in [1.807, 2.05) is 0 Å². The van der Waals surface area contributed by atoms with Gasteiger partial charge in [-0.3, -0.25) is 4.79 Å². The number of alkyl halides is 3. The molecule has 0 bridgehead atoms. The van der Waals surface area contributed by atoms with Gasteiger partial charge < -0.3 is 5.73 Å². The van der Waals surface area contributed by atoms with Gasteiger partial charge in [0.25, 0.3) is 0 Å². The maximum absolute atomic E-state index is 13.1. The minimum atomic E-state index is -4.39. The molecule has 19 heavy (non-hydrogen) atoms. The predicted molar refractivity (Wildman–Crippen MR) is 65.7 cm³/mol. The lowest BCUT2D eigenvalue weighted by Crippen LogP contribution is -2.40. The molecule has 0 amide bonds. The van der Waals surface area contributed by atoms with Crippen LogP contribution in [0.15, 0.2) is 24.3 Å². The summed E-state index contributed by atoms with van der Waals surface area (Å²) in [4.78, 5) is 11.3. The zero-order valence-corrected chi connectivity index (χ0v) is 10.5. The summed E-state index contributed by atoms with van der Waals surface area (Å²) < 4.78 is 39.2. The van der Waals surface area contributed by atoms with E-state index in [1.165, 1.54) is 12.1 Å². The Kier molecular flexibility index (Phi) is 3.67. The highest BCUT2D eigenvalue weighted by molar-refractivity contribution is 5.79. The summed E-state index contributed by atoms with van der Waals surface area (Å²) in [5.41, 5.74) is 4.63. The second kappa shape index (κ2) is 4.96. The average molecular weight is 271 g/mol. The largest absolute Gasteiger partial charge is 0.416 e. The lowest BCUT2D eigenvalue weighted by Gasteiger charge is -2.37. The molecule has 0 aliphatic heterocycles. The van der Waals surface area contributed by atoms with Gasteiger partial charge in [0.2, 0.25) is 0 Å². The highest BCUT2D eigenvalue weighted by Gasteiger charge is 2.42. The number of hydrogen-bond donors (Lipinski definition) is 1. The Hall–Kier alpha value is -1.36. The Morgan fingerprint density at radius 3 is 2.26 bits per heavy atom. The number of carbonyl (C=O) groups excluding carboxylic acids is 1. The van der Waals surface area contributed by atoms with Gasteiger partial charge >= 0.3 is 6.18 Å². The third-order valence-electron chi connectivity index (χ3n) is 3.96. The fourth-order valence-electron chi connectivity index (χ4n) is 2.78. The maximum atomic E-state index is 13.1. The van der Waals surface area contributed by atoms with E-state index in [-0.39, 0.29) is 17.9 Å². The molecular weight excluding hydrogens is 255 g/mol. The van der Waals surface area contributed by atoms with Gasteiger partial charge in [-0.25, -0.2) is 0 Å². The normalized spacial score (nSPS) is 19.5. The Morgan fingerprint density at radius 2 is 1.74 bits per heavy atom. The minimum absolute atomic E-state index is 0.105. The van der Waals surface area contributed by atoms with Crippen LogP contribution in [0.1, 0.15) is 36.8 Å². The van der Waals surface area contributed by atoms with Gasteiger partial charge in [-0.2, -0.15) is 13.2 Å². The van der Waals surface area contributed by atoms with Gasteiger partial charge in [0.1, 0.15) is 5.78 Å². The number of rotatable bonds is 2. The van der Waals surface area contributed by atoms with Crippen LogP contribution >= 0.6 is 0 Å². The first kappa shape index (κ1) is 14.1. The van der Waals surface area contributed by atoms with Crippen LogP contribution in [0.4, 0.5) is 13.2 Å². The quantitative estimate of drug-likeness (QED) is 0.898. The third-order valence-corrected chi connectivity index (χ3v) is 3.96. The molecule has 5 heteroatoms. The Balaban J connectivity index is 2.47. The smallest absolute Gasteiger partial charge is 0.330 e. The lowest BCUT2D eigenvalue weighted by molar-refractivity contribution is -0.139. The first-order valence-electron chi connectivity index (χ1n) is 6.27. The van der Waals surface area contributed by atoms with Crippen molar-refractivity contribution in [2.24, 2.45) is 5.73 Å². The number of benzene rings is 1. The zero-order valence-electron chi connectivity index (χ0n) is 10.5. The first-order valence-corrected chi connectivity index (χ1v) is 6.27. The molecular formula is C14H16F3NO. The van der Waals surface area contributed by atoms with Crippen molar-refractivity contribution in [3.63, 3.8) is 0 Å². The van der Waals surface area contributed by atoms with E-state index in [4.69, 9.17) is 5.73 Å². The van der Waals surface area contributed by atoms with Crippen molar-refractivity contribution in [1.29, 1.82) is 0 Å². The number of ketones is 1. The van der Waals surface area contributed by atoms with Crippen molar-refractivity contribution in [3.05, 3.63) is 35.4 Å². The molecule has 0 atom stereocenters. The molecule has 0 radical (unpaired) electrons. The van der Waals surface area contributed by atoms with Crippen molar-refractivity contribution >= 4 is 5.78 Å². The molecule has 1 aliphatic rings. The van der Waals surface area contributed by atoms with Crippen molar-refractivity contribution in [1.82, 2.24) is 0 Å². The standard InChI is InChI=1S/C14H16F3NO/c15-14(16,17)12-4-2-1-3-11(12)13(9-18)7-5-10(19)6-8-13/h1-4H,5-9,18H2. The van der Waals surface area contributed by atoms with Crippen LogP contribution in [-0.4, -0.2) is 12.3 Å². The van der Waals surface area contributed by atoms with Crippen LogP contribution in [0.5, 0.6) is 0 Å². The van der Waals surface area contributed by atoms with Crippen molar-refractivity contribution in [2.75, 3.05) is 6.54 Å². The van der Waals surface area contributed by atoms with E-state index in [9.17, 15) is 18.0 Å². The molecule has 1 saturated carbocycles.